The van der Waals surface area contributed by atoms with Crippen LogP contribution in [0.4, 0.5) is 0 Å². The molecule has 5 rings (SSSR count). The van der Waals surface area contributed by atoms with Gasteiger partial charge in [-0.2, -0.15) is 5.10 Å². The van der Waals surface area contributed by atoms with Crippen molar-refractivity contribution in [2.75, 3.05) is 6.79 Å². The number of ether oxygens (including phenoxy) is 3. The molecule has 1 aliphatic rings. The molecule has 4 aromatic carbocycles. The lowest BCUT2D eigenvalue weighted by atomic mass is 10.1. The second-order valence-corrected chi connectivity index (χ2v) is 8.51. The number of carbonyl (C=O) groups is 3. The fourth-order valence-electron chi connectivity index (χ4n) is 3.70. The van der Waals surface area contributed by atoms with E-state index in [4.69, 9.17) is 14.2 Å². The van der Waals surface area contributed by atoms with Gasteiger partial charge in [-0.3, -0.25) is 9.59 Å². The quantitative estimate of drug-likeness (QED) is 0.113. The first-order valence-electron chi connectivity index (χ1n) is 12.2. The molecule has 0 aliphatic carbocycles. The molecule has 2 N–H and O–H groups in total. The van der Waals surface area contributed by atoms with Crippen LogP contribution in [0.3, 0.4) is 0 Å². The maximum Gasteiger partial charge on any atom is 0.343 e. The lowest BCUT2D eigenvalue weighted by molar-refractivity contribution is -0.117. The predicted octanol–water partition coefficient (Wildman–Crippen LogP) is 4.56. The minimum absolute atomic E-state index is 0.0203. The van der Waals surface area contributed by atoms with E-state index in [1.54, 1.807) is 97.1 Å². The Morgan fingerprint density at radius 1 is 0.750 bits per heavy atom. The molecule has 0 saturated heterocycles. The van der Waals surface area contributed by atoms with Gasteiger partial charge in [-0.15, -0.1) is 0 Å². The normalized spacial score (nSPS) is 12.2. The average Bonchev–Trinajstić information content (AvgIpc) is 3.46. The molecule has 40 heavy (non-hydrogen) atoms. The van der Waals surface area contributed by atoms with E-state index in [0.717, 1.165) is 0 Å². The Balaban J connectivity index is 1.26. The molecule has 0 unspecified atom stereocenters. The number of esters is 1. The summed E-state index contributed by atoms with van der Waals surface area (Å²) in [6, 6.07) is 29.0. The van der Waals surface area contributed by atoms with Gasteiger partial charge in [0.05, 0.1) is 11.8 Å². The number of hydrogen-bond donors (Lipinski definition) is 2. The Morgan fingerprint density at radius 3 is 2.12 bits per heavy atom. The molecule has 9 nitrogen and oxygen atoms in total. The highest BCUT2D eigenvalue weighted by atomic mass is 16.7. The summed E-state index contributed by atoms with van der Waals surface area (Å²) >= 11 is 0. The number of nitrogens with zero attached hydrogens (tertiary/aromatic N) is 1. The zero-order valence-corrected chi connectivity index (χ0v) is 21.1. The lowest BCUT2D eigenvalue weighted by Gasteiger charge is -2.09. The third-order valence-electron chi connectivity index (χ3n) is 5.72. The van der Waals surface area contributed by atoms with Crippen molar-refractivity contribution >= 4 is 30.1 Å². The summed E-state index contributed by atoms with van der Waals surface area (Å²) < 4.78 is 16.1. The number of hydrazone groups is 1. The van der Waals surface area contributed by atoms with Gasteiger partial charge < -0.3 is 19.5 Å². The minimum atomic E-state index is -0.633. The van der Waals surface area contributed by atoms with Crippen LogP contribution in [0.5, 0.6) is 17.2 Å². The smallest absolute Gasteiger partial charge is 0.343 e. The first-order chi connectivity index (χ1) is 19.5. The standard InChI is InChI=1S/C31H23N3O6/c35-29(23-7-3-1-4-8-23)33-26(17-22-13-16-27-28(18-22)39-20-38-27)30(36)34-32-19-21-11-14-25(15-12-21)40-31(37)24-9-5-2-6-10-24/h1-19H,20H2,(H,33,35)(H,34,36)/b26-17+,32-19+. The van der Waals surface area contributed by atoms with Gasteiger partial charge >= 0.3 is 5.97 Å². The summed E-state index contributed by atoms with van der Waals surface area (Å²) in [5.41, 5.74) is 4.52. The third kappa shape index (κ3) is 6.59. The van der Waals surface area contributed by atoms with Gasteiger partial charge in [-0.25, -0.2) is 10.2 Å². The van der Waals surface area contributed by atoms with Crippen LogP contribution in [0.2, 0.25) is 0 Å². The molecule has 0 spiro atoms. The van der Waals surface area contributed by atoms with Gasteiger partial charge in [0, 0.05) is 5.56 Å². The van der Waals surface area contributed by atoms with E-state index >= 15 is 0 Å². The summed E-state index contributed by atoms with van der Waals surface area (Å²) in [5.74, 6) is -0.0408. The molecule has 0 radical (unpaired) electrons. The van der Waals surface area contributed by atoms with Crippen LogP contribution < -0.4 is 25.0 Å². The Hall–Kier alpha value is -5.70. The molecule has 198 valence electrons. The van der Waals surface area contributed by atoms with Gasteiger partial charge in [-0.05, 0) is 77.9 Å². The topological polar surface area (TPSA) is 115 Å². The van der Waals surface area contributed by atoms with E-state index in [-0.39, 0.29) is 12.5 Å². The van der Waals surface area contributed by atoms with Gasteiger partial charge in [0.15, 0.2) is 11.5 Å². The average molecular weight is 534 g/mol. The van der Waals surface area contributed by atoms with Crippen molar-refractivity contribution in [1.29, 1.82) is 0 Å². The van der Waals surface area contributed by atoms with E-state index < -0.39 is 17.8 Å². The van der Waals surface area contributed by atoms with Crippen molar-refractivity contribution in [2.24, 2.45) is 5.10 Å². The molecule has 0 bridgehead atoms. The molecule has 9 heteroatoms. The Kier molecular flexibility index (Phi) is 7.93. The van der Waals surface area contributed by atoms with E-state index in [1.807, 2.05) is 6.07 Å². The van der Waals surface area contributed by atoms with Crippen molar-refractivity contribution in [3.05, 3.63) is 131 Å². The number of carbonyl (C=O) groups excluding carboxylic acids is 3. The molecule has 1 aliphatic heterocycles. The largest absolute Gasteiger partial charge is 0.454 e. The zero-order chi connectivity index (χ0) is 27.7. The number of hydrogen-bond acceptors (Lipinski definition) is 7. The second-order valence-electron chi connectivity index (χ2n) is 8.51. The maximum absolute atomic E-state index is 13.0. The van der Waals surface area contributed by atoms with Crippen LogP contribution in [-0.2, 0) is 4.79 Å². The molecule has 0 saturated carbocycles. The molecule has 1 heterocycles. The Bertz CT molecular complexity index is 1580. The van der Waals surface area contributed by atoms with Crippen LogP contribution in [0.25, 0.3) is 6.08 Å². The van der Waals surface area contributed by atoms with Crippen molar-refractivity contribution in [3.63, 3.8) is 0 Å². The summed E-state index contributed by atoms with van der Waals surface area (Å²) in [4.78, 5) is 38.0. The van der Waals surface area contributed by atoms with E-state index in [1.165, 1.54) is 12.3 Å². The number of fused-ring (bicyclic) bond motifs is 1. The number of rotatable bonds is 8. The number of amides is 2. The van der Waals surface area contributed by atoms with Crippen LogP contribution in [0.15, 0.2) is 114 Å². The van der Waals surface area contributed by atoms with Crippen LogP contribution in [-0.4, -0.2) is 30.8 Å². The van der Waals surface area contributed by atoms with E-state index in [9.17, 15) is 14.4 Å². The molecule has 4 aromatic rings. The number of nitrogens with one attached hydrogen (secondary N) is 2. The van der Waals surface area contributed by atoms with Crippen molar-refractivity contribution < 1.29 is 28.6 Å². The fourth-order valence-corrected chi connectivity index (χ4v) is 3.70. The highest BCUT2D eigenvalue weighted by Crippen LogP contribution is 2.33. The van der Waals surface area contributed by atoms with Crippen molar-refractivity contribution in [3.8, 4) is 17.2 Å². The molecule has 0 atom stereocenters. The summed E-state index contributed by atoms with van der Waals surface area (Å²) in [5, 5.41) is 6.66. The molecular formula is C31H23N3O6. The number of benzene rings is 4. The zero-order valence-electron chi connectivity index (χ0n) is 21.1. The van der Waals surface area contributed by atoms with Gasteiger partial charge in [0.2, 0.25) is 6.79 Å². The minimum Gasteiger partial charge on any atom is -0.454 e. The van der Waals surface area contributed by atoms with Crippen LogP contribution >= 0.6 is 0 Å². The highest BCUT2D eigenvalue weighted by molar-refractivity contribution is 6.05. The van der Waals surface area contributed by atoms with Gasteiger partial charge in [0.25, 0.3) is 11.8 Å². The van der Waals surface area contributed by atoms with E-state index in [2.05, 4.69) is 15.8 Å². The highest BCUT2D eigenvalue weighted by Gasteiger charge is 2.17. The van der Waals surface area contributed by atoms with Crippen molar-refractivity contribution in [2.45, 2.75) is 0 Å². The summed E-state index contributed by atoms with van der Waals surface area (Å²) in [6.07, 6.45) is 2.95. The van der Waals surface area contributed by atoms with Crippen molar-refractivity contribution in [1.82, 2.24) is 10.7 Å². The Labute approximate surface area is 229 Å². The van der Waals surface area contributed by atoms with E-state index in [0.29, 0.717) is 39.5 Å². The Morgan fingerprint density at radius 2 is 1.40 bits per heavy atom. The summed E-state index contributed by atoms with van der Waals surface area (Å²) in [6.45, 7) is 0.117. The monoisotopic (exact) mass is 533 g/mol. The SMILES string of the molecule is O=C(N/N=C/c1ccc(OC(=O)c2ccccc2)cc1)/C(=C\c1ccc2c(c1)OCO2)NC(=O)c1ccccc1. The summed E-state index contributed by atoms with van der Waals surface area (Å²) in [7, 11) is 0. The second kappa shape index (κ2) is 12.2. The third-order valence-corrected chi connectivity index (χ3v) is 5.72. The predicted molar refractivity (Wildman–Crippen MR) is 148 cm³/mol. The molecule has 2 amide bonds. The molecular weight excluding hydrogens is 510 g/mol. The van der Waals surface area contributed by atoms with Gasteiger partial charge in [0.1, 0.15) is 11.4 Å². The van der Waals surface area contributed by atoms with Crippen LogP contribution in [0, 0.1) is 0 Å². The van der Waals surface area contributed by atoms with Crippen LogP contribution in [0.1, 0.15) is 31.8 Å². The maximum atomic E-state index is 13.0. The molecule has 0 aromatic heterocycles. The first-order valence-corrected chi connectivity index (χ1v) is 12.2. The fraction of sp³-hybridized carbons (Fsp3) is 0.0323. The van der Waals surface area contributed by atoms with Gasteiger partial charge in [-0.1, -0.05) is 42.5 Å². The first kappa shape index (κ1) is 25.9. The molecule has 0 fully saturated rings. The lowest BCUT2D eigenvalue weighted by Crippen LogP contribution is -2.32.